The number of hydrogen-bond acceptors (Lipinski definition) is 3. The molecule has 0 saturated carbocycles. The molecule has 0 amide bonds. The lowest BCUT2D eigenvalue weighted by molar-refractivity contribution is 1.18. The third-order valence-electron chi connectivity index (χ3n) is 8.64. The molecular formula is C41H26N4. The van der Waals surface area contributed by atoms with E-state index >= 15 is 0 Å². The molecular weight excluding hydrogens is 548 g/mol. The summed E-state index contributed by atoms with van der Waals surface area (Å²) in [4.78, 5) is 14.6. The van der Waals surface area contributed by atoms with E-state index in [2.05, 4.69) is 125 Å². The van der Waals surface area contributed by atoms with Gasteiger partial charge in [0.15, 0.2) is 0 Å². The van der Waals surface area contributed by atoms with Crippen LogP contribution in [0.3, 0.4) is 0 Å². The van der Waals surface area contributed by atoms with Crippen molar-refractivity contribution in [2.75, 3.05) is 0 Å². The zero-order chi connectivity index (χ0) is 29.7. The fourth-order valence-electron chi connectivity index (χ4n) is 6.63. The average molecular weight is 575 g/mol. The second-order valence-electron chi connectivity index (χ2n) is 11.2. The number of hydrogen-bond donors (Lipinski definition) is 0. The van der Waals surface area contributed by atoms with Crippen molar-refractivity contribution in [2.45, 2.75) is 0 Å². The van der Waals surface area contributed by atoms with Gasteiger partial charge in [0, 0.05) is 49.9 Å². The summed E-state index contributed by atoms with van der Waals surface area (Å²) in [5.41, 5.74) is 10.2. The molecule has 4 heteroatoms. The van der Waals surface area contributed by atoms with E-state index in [0.717, 1.165) is 55.9 Å². The Morgan fingerprint density at radius 2 is 1.11 bits per heavy atom. The van der Waals surface area contributed by atoms with Crippen LogP contribution in [0.25, 0.3) is 83.1 Å². The maximum Gasteiger partial charge on any atom is 0.0893 e. The molecule has 4 heterocycles. The predicted molar refractivity (Wildman–Crippen MR) is 185 cm³/mol. The van der Waals surface area contributed by atoms with Gasteiger partial charge in [0.05, 0.1) is 39.3 Å². The van der Waals surface area contributed by atoms with Crippen molar-refractivity contribution in [3.05, 3.63) is 158 Å². The van der Waals surface area contributed by atoms with Crippen molar-refractivity contribution in [3.8, 4) is 39.6 Å². The molecule has 0 N–H and O–H groups in total. The Morgan fingerprint density at radius 3 is 1.96 bits per heavy atom. The Labute approximate surface area is 259 Å². The lowest BCUT2D eigenvalue weighted by Gasteiger charge is -2.13. The van der Waals surface area contributed by atoms with Gasteiger partial charge < -0.3 is 4.57 Å². The zero-order valence-electron chi connectivity index (χ0n) is 24.3. The van der Waals surface area contributed by atoms with E-state index in [9.17, 15) is 0 Å². The first kappa shape index (κ1) is 25.4. The van der Waals surface area contributed by atoms with Crippen LogP contribution in [0.5, 0.6) is 0 Å². The van der Waals surface area contributed by atoms with Gasteiger partial charge in [-0.15, -0.1) is 0 Å². The minimum Gasteiger partial charge on any atom is -0.309 e. The fourth-order valence-corrected chi connectivity index (χ4v) is 6.63. The summed E-state index contributed by atoms with van der Waals surface area (Å²) in [5, 5.41) is 6.01. The minimum absolute atomic E-state index is 0.859. The van der Waals surface area contributed by atoms with Crippen LogP contribution in [-0.4, -0.2) is 19.5 Å². The Balaban J connectivity index is 1.26. The van der Waals surface area contributed by atoms with Gasteiger partial charge in [-0.2, -0.15) is 0 Å². The van der Waals surface area contributed by atoms with Gasteiger partial charge in [-0.05, 0) is 54.6 Å². The topological polar surface area (TPSA) is 43.6 Å². The maximum absolute atomic E-state index is 5.25. The molecule has 4 nitrogen and oxygen atoms in total. The fraction of sp³-hybridized carbons (Fsp3) is 0. The quantitative estimate of drug-likeness (QED) is 0.196. The van der Waals surface area contributed by atoms with Crippen LogP contribution >= 0.6 is 0 Å². The molecule has 9 aromatic rings. The highest BCUT2D eigenvalue weighted by molar-refractivity contribution is 6.29. The van der Waals surface area contributed by atoms with Crippen molar-refractivity contribution in [2.24, 2.45) is 0 Å². The van der Waals surface area contributed by atoms with Gasteiger partial charge in [-0.1, -0.05) is 97.1 Å². The summed E-state index contributed by atoms with van der Waals surface area (Å²) in [6.45, 7) is 0. The molecule has 0 saturated heterocycles. The summed E-state index contributed by atoms with van der Waals surface area (Å²) in [6.07, 6.45) is 1.80. The van der Waals surface area contributed by atoms with E-state index in [1.807, 2.05) is 36.4 Å². The van der Waals surface area contributed by atoms with Crippen LogP contribution in [0.4, 0.5) is 0 Å². The van der Waals surface area contributed by atoms with Crippen LogP contribution in [0.1, 0.15) is 0 Å². The summed E-state index contributed by atoms with van der Waals surface area (Å²) in [7, 11) is 0. The van der Waals surface area contributed by atoms with Gasteiger partial charge in [0.2, 0.25) is 0 Å². The molecule has 0 aliphatic heterocycles. The standard InChI is InChI=1S/C41H26N4/c1-2-11-29(12-3-1)45-37-19-7-5-14-31(37)40-38(45)25-24-32-39(40)30-13-4-6-15-34(30)44-41(32)28-22-20-27(21-23-28)33-17-10-18-36(43-33)35-16-8-9-26-42-35/h1-26H. The number of pyridine rings is 3. The molecule has 210 valence electrons. The summed E-state index contributed by atoms with van der Waals surface area (Å²) >= 11 is 0. The average Bonchev–Trinajstić information content (AvgIpc) is 3.47. The number of nitrogens with zero attached hydrogens (tertiary/aromatic N) is 4. The molecule has 9 rings (SSSR count). The first-order chi connectivity index (χ1) is 22.3. The van der Waals surface area contributed by atoms with E-state index in [1.165, 1.54) is 27.2 Å². The first-order valence-electron chi connectivity index (χ1n) is 15.1. The second-order valence-corrected chi connectivity index (χ2v) is 11.2. The number of rotatable bonds is 4. The van der Waals surface area contributed by atoms with Gasteiger partial charge >= 0.3 is 0 Å². The van der Waals surface area contributed by atoms with E-state index in [4.69, 9.17) is 9.97 Å². The van der Waals surface area contributed by atoms with E-state index < -0.39 is 0 Å². The molecule has 0 unspecified atom stereocenters. The molecule has 0 fully saturated rings. The third-order valence-corrected chi connectivity index (χ3v) is 8.64. The molecule has 0 aliphatic carbocycles. The monoisotopic (exact) mass is 574 g/mol. The number of fused-ring (bicyclic) bond motifs is 7. The Kier molecular flexibility index (Phi) is 5.78. The molecule has 0 spiro atoms. The highest BCUT2D eigenvalue weighted by Crippen LogP contribution is 2.42. The van der Waals surface area contributed by atoms with Gasteiger partial charge in [0.1, 0.15) is 0 Å². The van der Waals surface area contributed by atoms with Crippen LogP contribution < -0.4 is 0 Å². The second kappa shape index (κ2) is 10.2. The lowest BCUT2D eigenvalue weighted by Crippen LogP contribution is -1.94. The maximum atomic E-state index is 5.25. The molecule has 5 aromatic carbocycles. The Bertz CT molecular complexity index is 2520. The normalized spacial score (nSPS) is 11.6. The van der Waals surface area contributed by atoms with Gasteiger partial charge in [-0.3, -0.25) is 4.98 Å². The van der Waals surface area contributed by atoms with Crippen molar-refractivity contribution < 1.29 is 0 Å². The zero-order valence-corrected chi connectivity index (χ0v) is 24.3. The van der Waals surface area contributed by atoms with Crippen LogP contribution in [0.2, 0.25) is 0 Å². The van der Waals surface area contributed by atoms with Crippen LogP contribution in [0.15, 0.2) is 158 Å². The Hall–Kier alpha value is -6.13. The van der Waals surface area contributed by atoms with E-state index in [-0.39, 0.29) is 0 Å². The minimum atomic E-state index is 0.859. The number of para-hydroxylation sites is 3. The third kappa shape index (κ3) is 4.11. The molecule has 0 bridgehead atoms. The van der Waals surface area contributed by atoms with Gasteiger partial charge in [-0.25, -0.2) is 9.97 Å². The first-order valence-corrected chi connectivity index (χ1v) is 15.1. The van der Waals surface area contributed by atoms with E-state index in [1.54, 1.807) is 6.20 Å². The van der Waals surface area contributed by atoms with Crippen LogP contribution in [-0.2, 0) is 0 Å². The summed E-state index contributed by atoms with van der Waals surface area (Å²) < 4.78 is 2.37. The van der Waals surface area contributed by atoms with Crippen LogP contribution in [0, 0.1) is 0 Å². The lowest BCUT2D eigenvalue weighted by atomic mass is 9.95. The SMILES string of the molecule is c1ccc(-n2c3ccccc3c3c4c(ccc32)c(-c2ccc(-c3cccc(-c5ccccn5)n3)cc2)nc2ccccc24)cc1. The molecule has 4 aromatic heterocycles. The highest BCUT2D eigenvalue weighted by atomic mass is 15.0. The van der Waals surface area contributed by atoms with Crippen molar-refractivity contribution in [3.63, 3.8) is 0 Å². The predicted octanol–water partition coefficient (Wildman–Crippen LogP) is 10.3. The van der Waals surface area contributed by atoms with E-state index in [0.29, 0.717) is 0 Å². The Morgan fingerprint density at radius 1 is 0.400 bits per heavy atom. The van der Waals surface area contributed by atoms with Crippen molar-refractivity contribution >= 4 is 43.5 Å². The summed E-state index contributed by atoms with van der Waals surface area (Å²) in [5.74, 6) is 0. The molecule has 45 heavy (non-hydrogen) atoms. The molecule has 0 atom stereocenters. The van der Waals surface area contributed by atoms with Crippen molar-refractivity contribution in [1.29, 1.82) is 0 Å². The number of aromatic nitrogens is 4. The van der Waals surface area contributed by atoms with Gasteiger partial charge in [0.25, 0.3) is 0 Å². The molecule has 0 aliphatic rings. The number of benzene rings is 5. The largest absolute Gasteiger partial charge is 0.309 e. The van der Waals surface area contributed by atoms with Crippen molar-refractivity contribution in [1.82, 2.24) is 19.5 Å². The highest BCUT2D eigenvalue weighted by Gasteiger charge is 2.19. The smallest absolute Gasteiger partial charge is 0.0893 e. The molecule has 0 radical (unpaired) electrons. The summed E-state index contributed by atoms with van der Waals surface area (Å²) in [6, 6.07) is 52.9.